The second-order valence-electron chi connectivity index (χ2n) is 3.33. The highest BCUT2D eigenvalue weighted by molar-refractivity contribution is 7.07. The van der Waals surface area contributed by atoms with E-state index in [0.29, 0.717) is 5.69 Å². The minimum Gasteiger partial charge on any atom is -0.384 e. The molecule has 0 aliphatic heterocycles. The van der Waals surface area contributed by atoms with Crippen molar-refractivity contribution in [2.45, 2.75) is 12.7 Å². The smallest absolute Gasteiger partial charge is 0.384 e. The summed E-state index contributed by atoms with van der Waals surface area (Å²) in [6.45, 7) is 0.275. The van der Waals surface area contributed by atoms with E-state index in [-0.39, 0.29) is 18.2 Å². The van der Waals surface area contributed by atoms with Crippen molar-refractivity contribution >= 4 is 23.0 Å². The van der Waals surface area contributed by atoms with Crippen LogP contribution in [0.2, 0.25) is 0 Å². The molecule has 0 amide bonds. The number of alkyl halides is 3. The summed E-state index contributed by atoms with van der Waals surface area (Å²) in [5.74, 6) is -1.48. The maximum Gasteiger partial charge on any atom is 0.451 e. The Labute approximate surface area is 104 Å². The number of anilines is 2. The van der Waals surface area contributed by atoms with Crippen LogP contribution in [0.4, 0.5) is 24.8 Å². The average molecular weight is 275 g/mol. The summed E-state index contributed by atoms with van der Waals surface area (Å²) in [5.41, 5.74) is 7.65. The lowest BCUT2D eigenvalue weighted by Gasteiger charge is -2.09. The van der Waals surface area contributed by atoms with Crippen LogP contribution in [0, 0.1) is 0 Å². The lowest BCUT2D eigenvalue weighted by molar-refractivity contribution is -0.144. The quantitative estimate of drug-likeness (QED) is 0.897. The van der Waals surface area contributed by atoms with Crippen LogP contribution in [0.15, 0.2) is 17.0 Å². The number of nitrogens with one attached hydrogen (secondary N) is 1. The number of thiazole rings is 1. The highest BCUT2D eigenvalue weighted by Gasteiger charge is 2.35. The van der Waals surface area contributed by atoms with Crippen LogP contribution in [0.1, 0.15) is 11.5 Å². The average Bonchev–Trinajstić information content (AvgIpc) is 2.77. The number of hydrogen-bond acceptors (Lipinski definition) is 6. The lowest BCUT2D eigenvalue weighted by Crippen LogP contribution is -2.14. The second kappa shape index (κ2) is 4.77. The first-order chi connectivity index (χ1) is 8.45. The molecule has 2 heterocycles. The third kappa shape index (κ3) is 3.06. The van der Waals surface area contributed by atoms with Crippen molar-refractivity contribution in [3.05, 3.63) is 28.5 Å². The van der Waals surface area contributed by atoms with E-state index < -0.39 is 12.0 Å². The normalized spacial score (nSPS) is 11.5. The Kier molecular flexibility index (Phi) is 3.32. The minimum absolute atomic E-state index is 0.0165. The zero-order chi connectivity index (χ0) is 13.2. The minimum atomic E-state index is -4.62. The van der Waals surface area contributed by atoms with Gasteiger partial charge in [0.25, 0.3) is 0 Å². The molecule has 5 nitrogen and oxygen atoms in total. The van der Waals surface area contributed by atoms with Gasteiger partial charge in [-0.15, -0.1) is 11.3 Å². The number of nitrogen functional groups attached to an aromatic ring is 1. The van der Waals surface area contributed by atoms with E-state index in [4.69, 9.17) is 5.73 Å². The molecule has 0 saturated carbocycles. The first kappa shape index (κ1) is 12.6. The van der Waals surface area contributed by atoms with Crippen LogP contribution >= 0.6 is 11.3 Å². The van der Waals surface area contributed by atoms with E-state index in [0.717, 1.165) is 0 Å². The van der Waals surface area contributed by atoms with Crippen LogP contribution in [0.3, 0.4) is 0 Å². The number of nitrogens with zero attached hydrogens (tertiary/aromatic N) is 3. The van der Waals surface area contributed by atoms with Crippen LogP contribution < -0.4 is 11.1 Å². The molecule has 0 fully saturated rings. The molecule has 0 unspecified atom stereocenters. The molecule has 0 atom stereocenters. The van der Waals surface area contributed by atoms with E-state index in [1.165, 1.54) is 17.4 Å². The van der Waals surface area contributed by atoms with Crippen molar-refractivity contribution < 1.29 is 13.2 Å². The second-order valence-corrected chi connectivity index (χ2v) is 4.05. The Morgan fingerprint density at radius 3 is 2.72 bits per heavy atom. The first-order valence-corrected chi connectivity index (χ1v) is 5.72. The van der Waals surface area contributed by atoms with Crippen molar-refractivity contribution in [2.75, 3.05) is 11.1 Å². The zero-order valence-electron chi connectivity index (χ0n) is 8.90. The molecule has 2 aromatic rings. The van der Waals surface area contributed by atoms with Crippen molar-refractivity contribution in [3.63, 3.8) is 0 Å². The molecule has 0 bridgehead atoms. The van der Waals surface area contributed by atoms with Crippen molar-refractivity contribution in [1.29, 1.82) is 0 Å². The van der Waals surface area contributed by atoms with Gasteiger partial charge in [0, 0.05) is 11.4 Å². The monoisotopic (exact) mass is 275 g/mol. The van der Waals surface area contributed by atoms with Gasteiger partial charge in [-0.2, -0.15) is 13.2 Å². The standard InChI is InChI=1S/C9H8F3N5S/c10-9(11,12)8-16-6(13)1-7(17-8)14-2-5-3-18-4-15-5/h1,3-4H,2H2,(H3,13,14,16,17). The fourth-order valence-corrected chi connectivity index (χ4v) is 1.75. The zero-order valence-corrected chi connectivity index (χ0v) is 9.72. The third-order valence-corrected chi connectivity index (χ3v) is 2.57. The van der Waals surface area contributed by atoms with Gasteiger partial charge in [0.1, 0.15) is 11.6 Å². The molecule has 0 aromatic carbocycles. The molecule has 0 spiro atoms. The number of nitrogens with two attached hydrogens (primary N) is 1. The van der Waals surface area contributed by atoms with Crippen LogP contribution in [0.25, 0.3) is 0 Å². The van der Waals surface area contributed by atoms with E-state index >= 15 is 0 Å². The van der Waals surface area contributed by atoms with Gasteiger partial charge >= 0.3 is 6.18 Å². The summed E-state index contributed by atoms with van der Waals surface area (Å²) in [5, 5.41) is 4.49. The fraction of sp³-hybridized carbons (Fsp3) is 0.222. The topological polar surface area (TPSA) is 76.7 Å². The summed E-state index contributed by atoms with van der Waals surface area (Å²) in [7, 11) is 0. The maximum absolute atomic E-state index is 12.4. The van der Waals surface area contributed by atoms with Gasteiger partial charge < -0.3 is 11.1 Å². The maximum atomic E-state index is 12.4. The molecule has 2 aromatic heterocycles. The van der Waals surface area contributed by atoms with Crippen molar-refractivity contribution in [1.82, 2.24) is 15.0 Å². The molecule has 0 aliphatic carbocycles. The number of aromatic nitrogens is 3. The molecule has 2 rings (SSSR count). The summed E-state index contributed by atoms with van der Waals surface area (Å²) in [4.78, 5) is 10.5. The number of hydrogen-bond donors (Lipinski definition) is 2. The highest BCUT2D eigenvalue weighted by Crippen LogP contribution is 2.27. The SMILES string of the molecule is Nc1cc(NCc2cscn2)nc(C(F)(F)F)n1. The lowest BCUT2D eigenvalue weighted by atomic mass is 10.4. The Bertz CT molecular complexity index is 525. The summed E-state index contributed by atoms with van der Waals surface area (Å²) < 4.78 is 37.3. The molecular weight excluding hydrogens is 267 g/mol. The number of rotatable bonds is 3. The molecule has 0 saturated heterocycles. The van der Waals surface area contributed by atoms with Crippen LogP contribution in [-0.2, 0) is 12.7 Å². The van der Waals surface area contributed by atoms with Gasteiger partial charge in [-0.3, -0.25) is 0 Å². The molecule has 96 valence electrons. The van der Waals surface area contributed by atoms with E-state index in [9.17, 15) is 13.2 Å². The third-order valence-electron chi connectivity index (χ3n) is 1.93. The van der Waals surface area contributed by atoms with E-state index in [1.807, 2.05) is 0 Å². The van der Waals surface area contributed by atoms with Gasteiger partial charge in [-0.1, -0.05) is 0 Å². The van der Waals surface area contributed by atoms with E-state index in [1.54, 1.807) is 10.9 Å². The molecule has 9 heteroatoms. The van der Waals surface area contributed by atoms with Crippen LogP contribution in [-0.4, -0.2) is 15.0 Å². The molecule has 0 radical (unpaired) electrons. The van der Waals surface area contributed by atoms with Crippen LogP contribution in [0.5, 0.6) is 0 Å². The van der Waals surface area contributed by atoms with Crippen molar-refractivity contribution in [2.24, 2.45) is 0 Å². The van der Waals surface area contributed by atoms with Gasteiger partial charge in [-0.05, 0) is 0 Å². The Balaban J connectivity index is 2.15. The van der Waals surface area contributed by atoms with Gasteiger partial charge in [0.15, 0.2) is 0 Å². The van der Waals surface area contributed by atoms with E-state index in [2.05, 4.69) is 20.3 Å². The highest BCUT2D eigenvalue weighted by atomic mass is 32.1. The van der Waals surface area contributed by atoms with Gasteiger partial charge in [0.2, 0.25) is 5.82 Å². The Hall–Kier alpha value is -1.90. The predicted molar refractivity (Wildman–Crippen MR) is 60.9 cm³/mol. The van der Waals surface area contributed by atoms with Crippen molar-refractivity contribution in [3.8, 4) is 0 Å². The Morgan fingerprint density at radius 2 is 2.11 bits per heavy atom. The molecule has 3 N–H and O–H groups in total. The summed E-state index contributed by atoms with van der Waals surface area (Å²) in [6, 6.07) is 1.24. The number of halogens is 3. The molecular formula is C9H8F3N5S. The molecule has 18 heavy (non-hydrogen) atoms. The predicted octanol–water partition coefficient (Wildman–Crippen LogP) is 2.15. The summed E-state index contributed by atoms with van der Waals surface area (Å²) in [6.07, 6.45) is -4.62. The van der Waals surface area contributed by atoms with Gasteiger partial charge in [0.05, 0.1) is 17.7 Å². The Morgan fingerprint density at radius 1 is 1.33 bits per heavy atom. The summed E-state index contributed by atoms with van der Waals surface area (Å²) >= 11 is 1.40. The first-order valence-electron chi connectivity index (χ1n) is 4.78. The fourth-order valence-electron chi connectivity index (χ4n) is 1.19. The molecule has 0 aliphatic rings. The van der Waals surface area contributed by atoms with Gasteiger partial charge in [-0.25, -0.2) is 15.0 Å². The largest absolute Gasteiger partial charge is 0.451 e.